The van der Waals surface area contributed by atoms with E-state index in [1.54, 1.807) is 0 Å². The second kappa shape index (κ2) is 4.13. The molecule has 0 radical (unpaired) electrons. The van der Waals surface area contributed by atoms with E-state index in [1.807, 2.05) is 26.0 Å². The standard InChI is InChI=1S/C11H15NO2/c1-7-4-10(6-14-9(3)13)5-8(2)11(7)12/h4-5H,6,12H2,1-3H3. The molecular weight excluding hydrogens is 178 g/mol. The van der Waals surface area contributed by atoms with Gasteiger partial charge in [0.2, 0.25) is 0 Å². The maximum Gasteiger partial charge on any atom is 0.302 e. The summed E-state index contributed by atoms with van der Waals surface area (Å²) in [6.07, 6.45) is 0. The van der Waals surface area contributed by atoms with E-state index in [9.17, 15) is 4.79 Å². The van der Waals surface area contributed by atoms with Crippen LogP contribution in [0.4, 0.5) is 5.69 Å². The fourth-order valence-corrected chi connectivity index (χ4v) is 1.33. The SMILES string of the molecule is CC(=O)OCc1cc(C)c(N)c(C)c1. The molecule has 0 aliphatic heterocycles. The van der Waals surface area contributed by atoms with Crippen LogP contribution in [0.5, 0.6) is 0 Å². The van der Waals surface area contributed by atoms with Crippen LogP contribution < -0.4 is 5.73 Å². The number of hydrogen-bond acceptors (Lipinski definition) is 3. The molecule has 0 aromatic heterocycles. The molecule has 0 aliphatic rings. The molecule has 1 aromatic carbocycles. The summed E-state index contributed by atoms with van der Waals surface area (Å²) < 4.78 is 4.90. The molecule has 3 heteroatoms. The molecule has 14 heavy (non-hydrogen) atoms. The third-order valence-electron chi connectivity index (χ3n) is 2.10. The van der Waals surface area contributed by atoms with Crippen molar-refractivity contribution >= 4 is 11.7 Å². The lowest BCUT2D eigenvalue weighted by Gasteiger charge is -2.08. The molecule has 0 amide bonds. The first kappa shape index (κ1) is 10.6. The van der Waals surface area contributed by atoms with E-state index in [4.69, 9.17) is 10.5 Å². The summed E-state index contributed by atoms with van der Waals surface area (Å²) in [4.78, 5) is 10.6. The van der Waals surface area contributed by atoms with Gasteiger partial charge in [0, 0.05) is 12.6 Å². The van der Waals surface area contributed by atoms with Crippen molar-refractivity contribution in [3.05, 3.63) is 28.8 Å². The number of anilines is 1. The molecule has 0 unspecified atom stereocenters. The number of nitrogen functional groups attached to an aromatic ring is 1. The molecule has 0 spiro atoms. The molecule has 76 valence electrons. The second-order valence-electron chi connectivity index (χ2n) is 3.42. The van der Waals surface area contributed by atoms with Gasteiger partial charge in [-0.3, -0.25) is 4.79 Å². The number of hydrogen-bond donors (Lipinski definition) is 1. The highest BCUT2D eigenvalue weighted by Crippen LogP contribution is 2.18. The van der Waals surface area contributed by atoms with E-state index in [0.717, 1.165) is 22.4 Å². The number of nitrogens with two attached hydrogens (primary N) is 1. The highest BCUT2D eigenvalue weighted by atomic mass is 16.5. The smallest absolute Gasteiger partial charge is 0.302 e. The van der Waals surface area contributed by atoms with E-state index in [2.05, 4.69) is 0 Å². The Kier molecular flexibility index (Phi) is 3.12. The van der Waals surface area contributed by atoms with Gasteiger partial charge in [-0.05, 0) is 30.5 Å². The van der Waals surface area contributed by atoms with E-state index in [1.165, 1.54) is 6.92 Å². The predicted molar refractivity (Wildman–Crippen MR) is 55.8 cm³/mol. The maximum atomic E-state index is 10.6. The monoisotopic (exact) mass is 193 g/mol. The van der Waals surface area contributed by atoms with Gasteiger partial charge in [0.25, 0.3) is 0 Å². The molecular formula is C11H15NO2. The Morgan fingerprint density at radius 3 is 2.29 bits per heavy atom. The lowest BCUT2D eigenvalue weighted by atomic mass is 10.1. The summed E-state index contributed by atoms with van der Waals surface area (Å²) in [6, 6.07) is 3.87. The number of benzene rings is 1. The van der Waals surface area contributed by atoms with Crippen molar-refractivity contribution in [2.45, 2.75) is 27.4 Å². The van der Waals surface area contributed by atoms with Crippen LogP contribution in [0.1, 0.15) is 23.6 Å². The van der Waals surface area contributed by atoms with Crippen molar-refractivity contribution in [2.75, 3.05) is 5.73 Å². The van der Waals surface area contributed by atoms with Gasteiger partial charge >= 0.3 is 5.97 Å². The van der Waals surface area contributed by atoms with E-state index < -0.39 is 0 Å². The van der Waals surface area contributed by atoms with Crippen molar-refractivity contribution in [3.8, 4) is 0 Å². The van der Waals surface area contributed by atoms with Crippen LogP contribution in [-0.2, 0) is 16.1 Å². The molecule has 3 nitrogen and oxygen atoms in total. The second-order valence-corrected chi connectivity index (χ2v) is 3.42. The first-order valence-electron chi connectivity index (χ1n) is 4.49. The van der Waals surface area contributed by atoms with Crippen molar-refractivity contribution in [1.29, 1.82) is 0 Å². The Balaban J connectivity index is 2.84. The molecule has 2 N–H and O–H groups in total. The van der Waals surface area contributed by atoms with Crippen LogP contribution in [0, 0.1) is 13.8 Å². The quantitative estimate of drug-likeness (QED) is 0.577. The zero-order chi connectivity index (χ0) is 10.7. The van der Waals surface area contributed by atoms with E-state index in [-0.39, 0.29) is 5.97 Å². The molecule has 0 heterocycles. The Morgan fingerprint density at radius 2 is 1.86 bits per heavy atom. The van der Waals surface area contributed by atoms with Crippen molar-refractivity contribution in [1.82, 2.24) is 0 Å². The summed E-state index contributed by atoms with van der Waals surface area (Å²) >= 11 is 0. The van der Waals surface area contributed by atoms with Crippen molar-refractivity contribution < 1.29 is 9.53 Å². The average molecular weight is 193 g/mol. The Bertz CT molecular complexity index is 335. The molecule has 0 fully saturated rings. The molecule has 1 rings (SSSR count). The molecule has 0 atom stereocenters. The number of esters is 1. The summed E-state index contributed by atoms with van der Waals surface area (Å²) in [5, 5.41) is 0. The Labute approximate surface area is 83.9 Å². The van der Waals surface area contributed by atoms with Gasteiger partial charge in [0.1, 0.15) is 6.61 Å². The van der Waals surface area contributed by atoms with Crippen LogP contribution >= 0.6 is 0 Å². The fraction of sp³-hybridized carbons (Fsp3) is 0.364. The number of aryl methyl sites for hydroxylation is 2. The Morgan fingerprint density at radius 1 is 1.36 bits per heavy atom. The normalized spacial score (nSPS) is 9.93. The Hall–Kier alpha value is -1.51. The minimum absolute atomic E-state index is 0.267. The van der Waals surface area contributed by atoms with Crippen LogP contribution in [0.2, 0.25) is 0 Å². The van der Waals surface area contributed by atoms with Gasteiger partial charge in [0.05, 0.1) is 0 Å². The maximum absolute atomic E-state index is 10.6. The predicted octanol–water partition coefficient (Wildman–Crippen LogP) is 1.95. The molecule has 0 bridgehead atoms. The van der Waals surface area contributed by atoms with Gasteiger partial charge in [0.15, 0.2) is 0 Å². The number of carbonyl (C=O) groups excluding carboxylic acids is 1. The molecule has 0 aliphatic carbocycles. The van der Waals surface area contributed by atoms with Crippen molar-refractivity contribution in [3.63, 3.8) is 0 Å². The van der Waals surface area contributed by atoms with Crippen LogP contribution in [0.25, 0.3) is 0 Å². The largest absolute Gasteiger partial charge is 0.461 e. The van der Waals surface area contributed by atoms with E-state index >= 15 is 0 Å². The molecule has 0 saturated heterocycles. The van der Waals surface area contributed by atoms with E-state index in [0.29, 0.717) is 6.61 Å². The van der Waals surface area contributed by atoms with Gasteiger partial charge in [-0.15, -0.1) is 0 Å². The lowest BCUT2D eigenvalue weighted by Crippen LogP contribution is -2.01. The van der Waals surface area contributed by atoms with Gasteiger partial charge in [-0.25, -0.2) is 0 Å². The first-order chi connectivity index (χ1) is 6.50. The summed E-state index contributed by atoms with van der Waals surface area (Å²) in [5.41, 5.74) is 9.62. The fourth-order valence-electron chi connectivity index (χ4n) is 1.33. The number of ether oxygens (including phenoxy) is 1. The van der Waals surface area contributed by atoms with Crippen LogP contribution in [0.3, 0.4) is 0 Å². The number of rotatable bonds is 2. The third-order valence-corrected chi connectivity index (χ3v) is 2.10. The summed E-state index contributed by atoms with van der Waals surface area (Å²) in [7, 11) is 0. The minimum atomic E-state index is -0.267. The lowest BCUT2D eigenvalue weighted by molar-refractivity contribution is -0.142. The number of carbonyl (C=O) groups is 1. The molecule has 0 saturated carbocycles. The summed E-state index contributed by atoms with van der Waals surface area (Å²) in [6.45, 7) is 5.60. The topological polar surface area (TPSA) is 52.3 Å². The zero-order valence-electron chi connectivity index (χ0n) is 8.76. The summed E-state index contributed by atoms with van der Waals surface area (Å²) in [5.74, 6) is -0.267. The van der Waals surface area contributed by atoms with Crippen LogP contribution in [0.15, 0.2) is 12.1 Å². The third kappa shape index (κ3) is 2.49. The average Bonchev–Trinajstić information content (AvgIpc) is 2.10. The van der Waals surface area contributed by atoms with Crippen LogP contribution in [-0.4, -0.2) is 5.97 Å². The van der Waals surface area contributed by atoms with Gasteiger partial charge in [-0.1, -0.05) is 12.1 Å². The molecule has 1 aromatic rings. The highest BCUT2D eigenvalue weighted by molar-refractivity contribution is 5.66. The minimum Gasteiger partial charge on any atom is -0.461 e. The van der Waals surface area contributed by atoms with Gasteiger partial charge in [-0.2, -0.15) is 0 Å². The van der Waals surface area contributed by atoms with Crippen molar-refractivity contribution in [2.24, 2.45) is 0 Å². The van der Waals surface area contributed by atoms with Gasteiger partial charge < -0.3 is 10.5 Å². The zero-order valence-corrected chi connectivity index (χ0v) is 8.76. The first-order valence-corrected chi connectivity index (χ1v) is 4.49. The highest BCUT2D eigenvalue weighted by Gasteiger charge is 2.02.